The maximum Gasteiger partial charge on any atom is 0.268 e. The molecule has 0 aliphatic rings. The molecule has 422 valence electrons. The van der Waals surface area contributed by atoms with Gasteiger partial charge in [0.2, 0.25) is 5.91 Å². The Morgan fingerprint density at radius 1 is 0.486 bits per heavy atom. The molecule has 3 atom stereocenters. The van der Waals surface area contributed by atoms with E-state index in [0.29, 0.717) is 17.4 Å². The Labute approximate surface area is 456 Å². The molecule has 1 amide bonds. The van der Waals surface area contributed by atoms with Crippen molar-refractivity contribution in [1.29, 1.82) is 0 Å². The first kappa shape index (κ1) is 70.6. The van der Waals surface area contributed by atoms with Crippen molar-refractivity contribution < 1.29 is 32.9 Å². The second-order valence-corrected chi connectivity index (χ2v) is 22.0. The van der Waals surface area contributed by atoms with Crippen molar-refractivity contribution >= 4 is 13.7 Å². The summed E-state index contributed by atoms with van der Waals surface area (Å²) in [5.41, 5.74) is 0. The number of carbonyl (C=O) groups is 1. The van der Waals surface area contributed by atoms with Crippen molar-refractivity contribution in [2.75, 3.05) is 40.9 Å². The number of allylic oxidation sites excluding steroid dienone is 21. The monoisotopic (exact) mass is 1050 g/mol. The van der Waals surface area contributed by atoms with E-state index < -0.39 is 26.6 Å². The van der Waals surface area contributed by atoms with E-state index in [2.05, 4.69) is 141 Å². The molecule has 0 rings (SSSR count). The van der Waals surface area contributed by atoms with Crippen LogP contribution in [0.5, 0.6) is 0 Å². The van der Waals surface area contributed by atoms with Gasteiger partial charge in [-0.05, 0) is 103 Å². The predicted molar refractivity (Wildman–Crippen MR) is 320 cm³/mol. The highest BCUT2D eigenvalue weighted by atomic mass is 31.2. The summed E-state index contributed by atoms with van der Waals surface area (Å²) in [4.78, 5) is 25.5. The SMILES string of the molecule is CC/C=C\C/C=C\C/C=C\C/C=C\C/C=C\C/C=C\C/C=C\C/C=C\C/C=C\CCCCCC(=O)NC(COP(=O)([O-])OCC[N+](C)(C)C)C(O)/C=C/CC/C=C/CCCCCCCCCCCCCCCCC. The molecule has 74 heavy (non-hydrogen) atoms. The van der Waals surface area contributed by atoms with E-state index in [0.717, 1.165) is 96.3 Å². The van der Waals surface area contributed by atoms with Crippen LogP contribution in [0.2, 0.25) is 0 Å². The summed E-state index contributed by atoms with van der Waals surface area (Å²) in [7, 11) is 1.20. The molecule has 0 aromatic rings. The zero-order valence-electron chi connectivity index (χ0n) is 48.0. The van der Waals surface area contributed by atoms with Crippen molar-refractivity contribution in [3.05, 3.63) is 134 Å². The van der Waals surface area contributed by atoms with Gasteiger partial charge >= 0.3 is 0 Å². The fraction of sp³-hybridized carbons (Fsp3) is 0.646. The molecular formula is C65H111N2O6P. The maximum absolute atomic E-state index is 13.0. The van der Waals surface area contributed by atoms with Gasteiger partial charge in [-0.25, -0.2) is 0 Å². The highest BCUT2D eigenvalue weighted by molar-refractivity contribution is 7.45. The minimum absolute atomic E-state index is 0.0208. The third kappa shape index (κ3) is 56.4. The van der Waals surface area contributed by atoms with Gasteiger partial charge in [0.1, 0.15) is 13.2 Å². The fourth-order valence-corrected chi connectivity index (χ4v) is 8.47. The highest BCUT2D eigenvalue weighted by Crippen LogP contribution is 2.38. The van der Waals surface area contributed by atoms with Crippen LogP contribution < -0.4 is 10.2 Å². The summed E-state index contributed by atoms with van der Waals surface area (Å²) >= 11 is 0. The number of quaternary nitrogens is 1. The number of hydrogen-bond acceptors (Lipinski definition) is 6. The first-order valence-electron chi connectivity index (χ1n) is 29.5. The maximum atomic E-state index is 13.0. The second-order valence-electron chi connectivity index (χ2n) is 20.6. The molecule has 8 nitrogen and oxygen atoms in total. The summed E-state index contributed by atoms with van der Waals surface area (Å²) in [5.74, 6) is -0.244. The van der Waals surface area contributed by atoms with Gasteiger partial charge in [-0.15, -0.1) is 0 Å². The number of rotatable bonds is 52. The Bertz CT molecular complexity index is 1660. The number of hydrogen-bond donors (Lipinski definition) is 2. The van der Waals surface area contributed by atoms with Crippen molar-refractivity contribution in [2.24, 2.45) is 0 Å². The second kappa shape index (κ2) is 54.4. The van der Waals surface area contributed by atoms with E-state index in [4.69, 9.17) is 9.05 Å². The lowest BCUT2D eigenvalue weighted by Crippen LogP contribution is -2.45. The van der Waals surface area contributed by atoms with E-state index in [1.807, 2.05) is 27.2 Å². The van der Waals surface area contributed by atoms with Crippen LogP contribution in [-0.2, 0) is 18.4 Å². The minimum Gasteiger partial charge on any atom is -0.756 e. The Morgan fingerprint density at radius 2 is 0.838 bits per heavy atom. The molecule has 0 aromatic carbocycles. The van der Waals surface area contributed by atoms with Crippen LogP contribution in [0.15, 0.2) is 134 Å². The molecule has 0 saturated heterocycles. The quantitative estimate of drug-likeness (QED) is 0.0272. The summed E-state index contributed by atoms with van der Waals surface area (Å²) in [6.45, 7) is 4.48. The van der Waals surface area contributed by atoms with E-state index in [1.54, 1.807) is 6.08 Å². The van der Waals surface area contributed by atoms with Gasteiger partial charge in [0.05, 0.1) is 39.9 Å². The van der Waals surface area contributed by atoms with Crippen LogP contribution in [0.1, 0.15) is 219 Å². The largest absolute Gasteiger partial charge is 0.756 e. The predicted octanol–water partition coefficient (Wildman–Crippen LogP) is 17.7. The molecule has 0 bridgehead atoms. The van der Waals surface area contributed by atoms with E-state index in [1.165, 1.54) is 96.3 Å². The van der Waals surface area contributed by atoms with Crippen LogP contribution in [0.3, 0.4) is 0 Å². The number of aliphatic hydroxyl groups is 1. The van der Waals surface area contributed by atoms with Crippen LogP contribution >= 0.6 is 7.82 Å². The molecule has 3 unspecified atom stereocenters. The Balaban J connectivity index is 4.37. The van der Waals surface area contributed by atoms with E-state index in [-0.39, 0.29) is 18.9 Å². The van der Waals surface area contributed by atoms with Gasteiger partial charge in [0, 0.05) is 6.42 Å². The number of phosphoric ester groups is 1. The van der Waals surface area contributed by atoms with Crippen LogP contribution in [0.25, 0.3) is 0 Å². The van der Waals surface area contributed by atoms with Crippen molar-refractivity contribution in [3.8, 4) is 0 Å². The highest BCUT2D eigenvalue weighted by Gasteiger charge is 2.23. The molecule has 0 spiro atoms. The number of aliphatic hydroxyl groups excluding tert-OH is 1. The molecule has 0 radical (unpaired) electrons. The first-order chi connectivity index (χ1) is 36.0. The summed E-state index contributed by atoms with van der Waals surface area (Å²) < 4.78 is 23.3. The standard InChI is InChI=1S/C65H111N2O6P/c1-6-8-10-12-14-16-18-20-22-24-26-28-29-30-31-32-33-34-35-36-37-39-41-43-45-47-49-51-53-55-57-59-65(69)66-63(62-73-74(70,71)72-61-60-67(3,4)5)64(68)58-56-54-52-50-48-46-44-42-40-38-27-25-23-21-19-17-15-13-11-9-7-2/h8,10,14,16,20,22,26,28,30-31,33-34,36-37,41,43,47-50,56,58,63-64,68H,6-7,9,11-13,15,17-19,21,23-25,27,29,32,35,38-40,42,44-46,51-55,57,59-62H2,1-5H3,(H-,66,69,70,71)/b10-8-,16-14-,22-20-,28-26-,31-30-,34-33-,37-36-,43-41-,49-47-,50-48+,58-56+. The van der Waals surface area contributed by atoms with Crippen LogP contribution in [0, 0.1) is 0 Å². The van der Waals surface area contributed by atoms with Gasteiger partial charge in [-0.1, -0.05) is 244 Å². The Hall–Kier alpha value is -3.36. The number of carbonyl (C=O) groups excluding carboxylic acids is 1. The third-order valence-corrected chi connectivity index (χ3v) is 13.3. The average Bonchev–Trinajstić information content (AvgIpc) is 3.36. The molecule has 0 saturated carbocycles. The summed E-state index contributed by atoms with van der Waals surface area (Å²) in [6.07, 6.45) is 82.5. The lowest BCUT2D eigenvalue weighted by Gasteiger charge is -2.29. The van der Waals surface area contributed by atoms with Crippen LogP contribution in [-0.4, -0.2) is 68.5 Å². The minimum atomic E-state index is -4.63. The summed E-state index contributed by atoms with van der Waals surface area (Å²) in [6, 6.07) is -0.933. The molecule has 9 heteroatoms. The lowest BCUT2D eigenvalue weighted by molar-refractivity contribution is -0.870. The number of likely N-dealkylation sites (N-methyl/N-ethyl adjacent to an activating group) is 1. The molecule has 2 N–H and O–H groups in total. The van der Waals surface area contributed by atoms with Crippen molar-refractivity contribution in [2.45, 2.75) is 231 Å². The molecule has 0 heterocycles. The zero-order chi connectivity index (χ0) is 54.2. The van der Waals surface area contributed by atoms with Crippen LogP contribution in [0.4, 0.5) is 0 Å². The van der Waals surface area contributed by atoms with Gasteiger partial charge in [-0.3, -0.25) is 9.36 Å². The zero-order valence-corrected chi connectivity index (χ0v) is 48.9. The lowest BCUT2D eigenvalue weighted by atomic mass is 10.0. The molecule has 0 aliphatic heterocycles. The molecule has 0 aliphatic carbocycles. The van der Waals surface area contributed by atoms with Crippen molar-refractivity contribution in [1.82, 2.24) is 5.32 Å². The molecule has 0 fully saturated rings. The molecule has 0 aromatic heterocycles. The van der Waals surface area contributed by atoms with Gasteiger partial charge < -0.3 is 28.8 Å². The third-order valence-electron chi connectivity index (χ3n) is 12.3. The van der Waals surface area contributed by atoms with Crippen molar-refractivity contribution in [3.63, 3.8) is 0 Å². The first-order valence-corrected chi connectivity index (χ1v) is 31.0. The summed E-state index contributed by atoms with van der Waals surface area (Å²) in [5, 5.41) is 13.8. The number of nitrogens with zero attached hydrogens (tertiary/aromatic N) is 1. The van der Waals surface area contributed by atoms with Gasteiger partial charge in [-0.2, -0.15) is 0 Å². The fourth-order valence-electron chi connectivity index (χ4n) is 7.75. The topological polar surface area (TPSA) is 108 Å². The number of phosphoric acid groups is 1. The molecular weight excluding hydrogens is 936 g/mol. The number of nitrogens with one attached hydrogen (secondary N) is 1. The van der Waals surface area contributed by atoms with Gasteiger partial charge in [0.15, 0.2) is 0 Å². The number of unbranched alkanes of at least 4 members (excludes halogenated alkanes) is 19. The van der Waals surface area contributed by atoms with E-state index in [9.17, 15) is 19.4 Å². The normalized spacial score (nSPS) is 14.9. The average molecular weight is 1050 g/mol. The van der Waals surface area contributed by atoms with E-state index >= 15 is 0 Å². The van der Waals surface area contributed by atoms with Gasteiger partial charge in [0.25, 0.3) is 7.82 Å². The number of amides is 1. The Kier molecular flexibility index (Phi) is 52.0. The Morgan fingerprint density at radius 3 is 1.26 bits per heavy atom. The smallest absolute Gasteiger partial charge is 0.268 e.